The molecule has 148 valence electrons. The van der Waals surface area contributed by atoms with E-state index < -0.39 is 12.2 Å². The van der Waals surface area contributed by atoms with E-state index in [1.807, 2.05) is 19.1 Å². The van der Waals surface area contributed by atoms with Crippen molar-refractivity contribution < 1.29 is 14.3 Å². The number of hydrogen-bond acceptors (Lipinski definition) is 5. The fourth-order valence-electron chi connectivity index (χ4n) is 2.94. The minimum Gasteiger partial charge on any atom is -0.435 e. The molecule has 28 heavy (non-hydrogen) atoms. The molecule has 1 saturated heterocycles. The van der Waals surface area contributed by atoms with E-state index in [4.69, 9.17) is 4.74 Å². The number of carbonyl (C=O) groups is 2. The Balaban J connectivity index is 1.65. The first kappa shape index (κ1) is 20.5. The molecule has 0 bridgehead atoms. The van der Waals surface area contributed by atoms with Crippen LogP contribution in [0.5, 0.6) is 0 Å². The highest BCUT2D eigenvalue weighted by molar-refractivity contribution is 9.11. The van der Waals surface area contributed by atoms with Crippen LogP contribution in [-0.2, 0) is 11.2 Å². The molecule has 2 amide bonds. The number of unbranched alkanes of at least 4 members (excludes halogenated alkanes) is 1. The second-order valence-electron chi connectivity index (χ2n) is 6.50. The number of likely N-dealkylation sites (N-methyl/N-ethyl adjacent to an activating group) is 1. The van der Waals surface area contributed by atoms with Crippen molar-refractivity contribution in [1.29, 1.82) is 0 Å². The fourth-order valence-corrected chi connectivity index (χ4v) is 4.16. The maximum Gasteiger partial charge on any atom is 0.340 e. The van der Waals surface area contributed by atoms with Crippen LogP contribution in [0.4, 0.5) is 9.93 Å². The molecule has 0 radical (unpaired) electrons. The number of allylic oxidation sites excluding steroid dienone is 2. The summed E-state index contributed by atoms with van der Waals surface area (Å²) in [5, 5.41) is 0.496. The van der Waals surface area contributed by atoms with Crippen molar-refractivity contribution in [3.05, 3.63) is 57.5 Å². The number of thiazole rings is 1. The molecule has 1 aliphatic heterocycles. The Morgan fingerprint density at radius 2 is 2.14 bits per heavy atom. The molecule has 1 unspecified atom stereocenters. The van der Waals surface area contributed by atoms with Gasteiger partial charge in [-0.3, -0.25) is 0 Å². The summed E-state index contributed by atoms with van der Waals surface area (Å²) in [4.78, 5) is 32.2. The van der Waals surface area contributed by atoms with Gasteiger partial charge >= 0.3 is 12.0 Å². The molecule has 1 atom stereocenters. The number of nitrogens with zero attached hydrogens (tertiary/aromatic N) is 3. The van der Waals surface area contributed by atoms with Crippen LogP contribution in [-0.4, -0.2) is 41.7 Å². The number of anilines is 1. The van der Waals surface area contributed by atoms with Gasteiger partial charge in [0, 0.05) is 7.05 Å². The van der Waals surface area contributed by atoms with Crippen LogP contribution >= 0.6 is 27.3 Å². The smallest absolute Gasteiger partial charge is 0.340 e. The van der Waals surface area contributed by atoms with Gasteiger partial charge < -0.3 is 9.64 Å². The maximum atomic E-state index is 12.6. The number of hydrogen-bond donors (Lipinski definition) is 0. The lowest BCUT2D eigenvalue weighted by Gasteiger charge is -2.20. The minimum atomic E-state index is -0.705. The van der Waals surface area contributed by atoms with Gasteiger partial charge in [0.1, 0.15) is 0 Å². The largest absolute Gasteiger partial charge is 0.435 e. The van der Waals surface area contributed by atoms with Gasteiger partial charge in [0.2, 0.25) is 6.23 Å². The van der Waals surface area contributed by atoms with E-state index in [1.165, 1.54) is 26.7 Å². The van der Waals surface area contributed by atoms with Crippen LogP contribution in [0.3, 0.4) is 0 Å². The summed E-state index contributed by atoms with van der Waals surface area (Å²) in [5.41, 5.74) is 1.66. The quantitative estimate of drug-likeness (QED) is 0.334. The molecule has 0 aliphatic carbocycles. The van der Waals surface area contributed by atoms with Crippen molar-refractivity contribution in [2.24, 2.45) is 0 Å². The van der Waals surface area contributed by atoms with Crippen LogP contribution in [0.2, 0.25) is 0 Å². The second-order valence-corrected chi connectivity index (χ2v) is 8.89. The highest BCUT2D eigenvalue weighted by Gasteiger charge is 2.40. The summed E-state index contributed by atoms with van der Waals surface area (Å²) < 4.78 is 6.44. The number of halogens is 1. The summed E-state index contributed by atoms with van der Waals surface area (Å²) in [6.45, 7) is 2.31. The van der Waals surface area contributed by atoms with Crippen molar-refractivity contribution in [1.82, 2.24) is 9.88 Å². The number of benzene rings is 1. The van der Waals surface area contributed by atoms with Crippen molar-refractivity contribution >= 4 is 44.4 Å². The number of rotatable bonds is 7. The third-order valence-electron chi connectivity index (χ3n) is 4.43. The molecule has 8 heteroatoms. The predicted molar refractivity (Wildman–Crippen MR) is 114 cm³/mol. The molecule has 0 N–H and O–H groups in total. The normalized spacial score (nSPS) is 17.0. The first-order valence-electron chi connectivity index (χ1n) is 9.06. The average Bonchev–Trinajstić information content (AvgIpc) is 3.22. The van der Waals surface area contributed by atoms with E-state index >= 15 is 0 Å². The summed E-state index contributed by atoms with van der Waals surface area (Å²) in [6, 6.07) is 7.22. The van der Waals surface area contributed by atoms with Gasteiger partial charge in [-0.1, -0.05) is 35.6 Å². The van der Waals surface area contributed by atoms with Crippen LogP contribution in [0.1, 0.15) is 35.7 Å². The Kier molecular flexibility index (Phi) is 6.85. The molecule has 0 spiro atoms. The highest BCUT2D eigenvalue weighted by atomic mass is 79.9. The number of aromatic nitrogens is 1. The Morgan fingerprint density at radius 3 is 2.79 bits per heavy atom. The topological polar surface area (TPSA) is 62.7 Å². The third kappa shape index (κ3) is 4.80. The first-order chi connectivity index (χ1) is 13.5. The SMILES string of the molecule is CC=CCCCc1ccc(C(=O)OC2CN(C)C(=O)N2c2ncc(Br)s2)cc1. The Hall–Kier alpha value is -2.19. The van der Waals surface area contributed by atoms with Crippen molar-refractivity contribution in [2.75, 3.05) is 18.5 Å². The van der Waals surface area contributed by atoms with Gasteiger partial charge in [-0.25, -0.2) is 19.5 Å². The molecular weight excluding hydrogens is 442 g/mol. The van der Waals surface area contributed by atoms with Gasteiger partial charge in [-0.05, 0) is 59.8 Å². The highest BCUT2D eigenvalue weighted by Crippen LogP contribution is 2.31. The maximum absolute atomic E-state index is 12.6. The third-order valence-corrected chi connectivity index (χ3v) is 5.90. The van der Waals surface area contributed by atoms with E-state index in [-0.39, 0.29) is 6.03 Å². The summed E-state index contributed by atoms with van der Waals surface area (Å²) in [6.07, 6.45) is 8.21. The minimum absolute atomic E-state index is 0.240. The van der Waals surface area contributed by atoms with Crippen molar-refractivity contribution in [3.63, 3.8) is 0 Å². The van der Waals surface area contributed by atoms with Gasteiger partial charge in [0.05, 0.1) is 22.1 Å². The zero-order valence-corrected chi connectivity index (χ0v) is 18.2. The standard InChI is InChI=1S/C20H22BrN3O3S/c1-3-4-5-6-7-14-8-10-15(11-9-14)18(25)27-17-13-23(2)20(26)24(17)19-22-12-16(21)28-19/h3-4,8-12,17H,5-7,13H2,1-2H3. The predicted octanol–water partition coefficient (Wildman–Crippen LogP) is 4.86. The Bertz CT molecular complexity index is 866. The molecule has 3 rings (SSSR count). The molecule has 0 saturated carbocycles. The van der Waals surface area contributed by atoms with Gasteiger partial charge in [0.25, 0.3) is 0 Å². The summed E-state index contributed by atoms with van der Waals surface area (Å²) >= 11 is 4.67. The van der Waals surface area contributed by atoms with Crippen LogP contribution in [0.25, 0.3) is 0 Å². The van der Waals surface area contributed by atoms with Crippen molar-refractivity contribution in [3.8, 4) is 0 Å². The van der Waals surface area contributed by atoms with E-state index in [2.05, 4.69) is 33.1 Å². The van der Waals surface area contributed by atoms with Crippen LogP contribution < -0.4 is 4.90 Å². The number of aryl methyl sites for hydroxylation is 1. The van der Waals surface area contributed by atoms with Crippen LogP contribution in [0, 0.1) is 0 Å². The number of amides is 2. The molecule has 2 heterocycles. The lowest BCUT2D eigenvalue weighted by atomic mass is 10.1. The summed E-state index contributed by atoms with van der Waals surface area (Å²) in [7, 11) is 1.67. The number of esters is 1. The first-order valence-corrected chi connectivity index (χ1v) is 10.7. The van der Waals surface area contributed by atoms with Crippen molar-refractivity contribution in [2.45, 2.75) is 32.4 Å². The van der Waals surface area contributed by atoms with E-state index in [1.54, 1.807) is 25.4 Å². The molecule has 1 aliphatic rings. The average molecular weight is 464 g/mol. The summed E-state index contributed by atoms with van der Waals surface area (Å²) in [5.74, 6) is -0.450. The molecule has 6 nitrogen and oxygen atoms in total. The Labute approximate surface area is 176 Å². The Morgan fingerprint density at radius 1 is 1.39 bits per heavy atom. The van der Waals surface area contributed by atoms with Gasteiger partial charge in [-0.2, -0.15) is 0 Å². The van der Waals surface area contributed by atoms with Gasteiger partial charge in [0.15, 0.2) is 5.13 Å². The lowest BCUT2D eigenvalue weighted by Crippen LogP contribution is -2.37. The van der Waals surface area contributed by atoms with E-state index in [0.717, 1.165) is 23.0 Å². The number of ether oxygens (including phenoxy) is 1. The molecule has 1 aromatic heterocycles. The monoisotopic (exact) mass is 463 g/mol. The number of urea groups is 1. The molecule has 1 aromatic carbocycles. The second kappa shape index (κ2) is 9.34. The zero-order valence-electron chi connectivity index (χ0n) is 15.8. The molecule has 1 fully saturated rings. The molecular formula is C20H22BrN3O3S. The fraction of sp³-hybridized carbons (Fsp3) is 0.350. The molecule has 2 aromatic rings. The van der Waals surface area contributed by atoms with E-state index in [0.29, 0.717) is 17.2 Å². The lowest BCUT2D eigenvalue weighted by molar-refractivity contribution is 0.0331. The zero-order chi connectivity index (χ0) is 20.1. The van der Waals surface area contributed by atoms with Crippen LogP contribution in [0.15, 0.2) is 46.4 Å². The number of carbonyl (C=O) groups excluding carboxylic acids is 2. The van der Waals surface area contributed by atoms with Gasteiger partial charge in [-0.15, -0.1) is 0 Å². The van der Waals surface area contributed by atoms with E-state index in [9.17, 15) is 9.59 Å².